The van der Waals surface area contributed by atoms with Gasteiger partial charge in [-0.15, -0.1) is 0 Å². The van der Waals surface area contributed by atoms with E-state index >= 15 is 0 Å². The van der Waals surface area contributed by atoms with E-state index in [9.17, 15) is 32.3 Å². The molecule has 0 aliphatic carbocycles. The minimum Gasteiger partial charge on any atom is -0.476 e. The number of aromatic nitrogens is 3. The zero-order valence-electron chi connectivity index (χ0n) is 22.0. The van der Waals surface area contributed by atoms with Crippen molar-refractivity contribution in [1.82, 2.24) is 14.8 Å². The molecule has 2 aromatic carbocycles. The lowest BCUT2D eigenvalue weighted by molar-refractivity contribution is -0.154. The average Bonchev–Trinajstić information content (AvgIpc) is 3.42. The van der Waals surface area contributed by atoms with Crippen LogP contribution in [-0.4, -0.2) is 37.4 Å². The van der Waals surface area contributed by atoms with E-state index in [2.05, 4.69) is 10.1 Å². The van der Waals surface area contributed by atoms with Crippen LogP contribution in [0, 0.1) is 12.7 Å². The molecule has 0 unspecified atom stereocenters. The Morgan fingerprint density at radius 1 is 1.05 bits per heavy atom. The number of carbonyl (C=O) groups is 2. The molecule has 2 heterocycles. The van der Waals surface area contributed by atoms with Crippen LogP contribution in [0.5, 0.6) is 0 Å². The number of nitrogens with zero attached hydrogens (tertiary/aromatic N) is 3. The van der Waals surface area contributed by atoms with Gasteiger partial charge in [0, 0.05) is 16.0 Å². The summed E-state index contributed by atoms with van der Waals surface area (Å²) >= 11 is 1.05. The predicted molar refractivity (Wildman–Crippen MR) is 141 cm³/mol. The van der Waals surface area contributed by atoms with Crippen molar-refractivity contribution in [3.63, 3.8) is 0 Å². The van der Waals surface area contributed by atoms with Gasteiger partial charge in [-0.05, 0) is 63.9 Å². The number of hydrogen-bond acceptors (Lipinski definition) is 6. The van der Waals surface area contributed by atoms with Crippen LogP contribution in [0.4, 0.5) is 17.6 Å². The summed E-state index contributed by atoms with van der Waals surface area (Å²) in [6.45, 7) is 6.77. The number of thiazole rings is 1. The molecule has 40 heavy (non-hydrogen) atoms. The van der Waals surface area contributed by atoms with Gasteiger partial charge in [0.1, 0.15) is 11.4 Å². The summed E-state index contributed by atoms with van der Waals surface area (Å²) in [4.78, 5) is 29.9. The lowest BCUT2D eigenvalue weighted by Gasteiger charge is -2.19. The summed E-state index contributed by atoms with van der Waals surface area (Å²) in [5, 5.41) is 14.6. The Hall–Kier alpha value is -4.06. The maximum atomic E-state index is 14.0. The number of hydrogen-bond donors (Lipinski definition) is 1. The third-order valence-electron chi connectivity index (χ3n) is 5.71. The number of aryl methyl sites for hydroxylation is 2. The molecule has 0 aliphatic heterocycles. The van der Waals surface area contributed by atoms with Crippen molar-refractivity contribution in [2.24, 2.45) is 0 Å². The maximum Gasteiger partial charge on any atom is 0.416 e. The van der Waals surface area contributed by atoms with Crippen molar-refractivity contribution in [3.05, 3.63) is 76.2 Å². The molecule has 7 nitrogen and oxygen atoms in total. The second-order valence-corrected chi connectivity index (χ2v) is 11.0. The highest BCUT2D eigenvalue weighted by Gasteiger charge is 2.31. The third kappa shape index (κ3) is 6.39. The normalized spacial score (nSPS) is 12.0. The standard InChI is InChI=1S/C28H25F4N3O4S/c1-15-22(17-6-5-7-19(29)14-17)24(25(37)38)35(34-15)26-33-23(16-8-10-18(11-9-16)28(30,31)32)20(40-26)12-13-21(36)39-27(2,3)4/h5-11,14H,12-13H2,1-4H3,(H,37,38). The molecule has 12 heteroatoms. The minimum atomic E-state index is -4.53. The molecule has 0 radical (unpaired) electrons. The lowest BCUT2D eigenvalue weighted by Crippen LogP contribution is -2.23. The van der Waals surface area contributed by atoms with Crippen LogP contribution in [0.1, 0.15) is 53.8 Å². The van der Waals surface area contributed by atoms with E-state index in [4.69, 9.17) is 4.74 Å². The number of rotatable bonds is 7. The van der Waals surface area contributed by atoms with Crippen molar-refractivity contribution in [2.45, 2.75) is 52.3 Å². The van der Waals surface area contributed by atoms with Crippen molar-refractivity contribution in [1.29, 1.82) is 0 Å². The lowest BCUT2D eigenvalue weighted by atomic mass is 10.0. The van der Waals surface area contributed by atoms with Crippen LogP contribution in [0.25, 0.3) is 27.5 Å². The third-order valence-corrected chi connectivity index (χ3v) is 6.80. The molecule has 2 aromatic heterocycles. The Kier molecular flexibility index (Phi) is 7.84. The Bertz CT molecular complexity index is 1570. The molecule has 0 spiro atoms. The highest BCUT2D eigenvalue weighted by molar-refractivity contribution is 7.14. The van der Waals surface area contributed by atoms with Crippen LogP contribution in [0.3, 0.4) is 0 Å². The maximum absolute atomic E-state index is 14.0. The van der Waals surface area contributed by atoms with E-state index in [1.165, 1.54) is 30.3 Å². The quantitative estimate of drug-likeness (QED) is 0.187. The molecule has 0 saturated carbocycles. The number of halogens is 4. The van der Waals surface area contributed by atoms with Crippen LogP contribution >= 0.6 is 11.3 Å². The fourth-order valence-electron chi connectivity index (χ4n) is 4.10. The summed E-state index contributed by atoms with van der Waals surface area (Å²) in [7, 11) is 0. The average molecular weight is 576 g/mol. The first-order valence-electron chi connectivity index (χ1n) is 12.1. The van der Waals surface area contributed by atoms with Gasteiger partial charge in [0.2, 0.25) is 5.13 Å². The monoisotopic (exact) mass is 575 g/mol. The largest absolute Gasteiger partial charge is 0.476 e. The zero-order chi connectivity index (χ0) is 29.4. The Balaban J connectivity index is 1.82. The number of carbonyl (C=O) groups excluding carboxylic acids is 1. The van der Waals surface area contributed by atoms with E-state index in [0.717, 1.165) is 28.2 Å². The summed E-state index contributed by atoms with van der Waals surface area (Å²) in [5.74, 6) is -2.36. The van der Waals surface area contributed by atoms with Gasteiger partial charge in [-0.2, -0.15) is 23.0 Å². The molecule has 210 valence electrons. The van der Waals surface area contributed by atoms with Gasteiger partial charge in [-0.1, -0.05) is 35.6 Å². The van der Waals surface area contributed by atoms with Crippen molar-refractivity contribution >= 4 is 23.3 Å². The summed E-state index contributed by atoms with van der Waals surface area (Å²) in [6.07, 6.45) is -4.42. The van der Waals surface area contributed by atoms with Gasteiger partial charge in [0.25, 0.3) is 0 Å². The fourth-order valence-corrected chi connectivity index (χ4v) is 5.14. The number of alkyl halides is 3. The van der Waals surface area contributed by atoms with E-state index in [-0.39, 0.29) is 34.9 Å². The first kappa shape index (κ1) is 28.9. The van der Waals surface area contributed by atoms with Crippen molar-refractivity contribution in [2.75, 3.05) is 0 Å². The second kappa shape index (κ2) is 10.8. The topological polar surface area (TPSA) is 94.3 Å². The fraction of sp³-hybridized carbons (Fsp3) is 0.286. The van der Waals surface area contributed by atoms with Crippen LogP contribution in [0.2, 0.25) is 0 Å². The molecular formula is C28H25F4N3O4S. The molecule has 0 fully saturated rings. The van der Waals surface area contributed by atoms with E-state index in [1.54, 1.807) is 33.8 Å². The Morgan fingerprint density at radius 3 is 2.30 bits per heavy atom. The van der Waals surface area contributed by atoms with E-state index in [0.29, 0.717) is 21.7 Å². The molecule has 0 saturated heterocycles. The molecule has 0 bridgehead atoms. The van der Waals surface area contributed by atoms with Crippen molar-refractivity contribution in [3.8, 4) is 27.5 Å². The Labute approximate surface area is 231 Å². The first-order chi connectivity index (χ1) is 18.6. The van der Waals surface area contributed by atoms with Gasteiger partial charge in [-0.3, -0.25) is 4.79 Å². The SMILES string of the molecule is Cc1nn(-c2nc(-c3ccc(C(F)(F)F)cc3)c(CCC(=O)OC(C)(C)C)s2)c(C(=O)O)c1-c1cccc(F)c1. The number of ether oxygens (including phenoxy) is 1. The van der Waals surface area contributed by atoms with Gasteiger partial charge in [-0.25, -0.2) is 14.2 Å². The molecule has 0 aliphatic rings. The smallest absolute Gasteiger partial charge is 0.416 e. The van der Waals surface area contributed by atoms with Crippen LogP contribution in [-0.2, 0) is 22.1 Å². The molecule has 0 amide bonds. The molecule has 4 rings (SSSR count). The zero-order valence-corrected chi connectivity index (χ0v) is 22.8. The van der Waals surface area contributed by atoms with E-state index < -0.39 is 35.1 Å². The first-order valence-corrected chi connectivity index (χ1v) is 12.9. The predicted octanol–water partition coefficient (Wildman–Crippen LogP) is 7.10. The number of aromatic carboxylic acids is 1. The van der Waals surface area contributed by atoms with Crippen LogP contribution in [0.15, 0.2) is 48.5 Å². The molecule has 0 atom stereocenters. The number of esters is 1. The van der Waals surface area contributed by atoms with Crippen LogP contribution < -0.4 is 0 Å². The minimum absolute atomic E-state index is 0.0367. The Morgan fingerprint density at radius 2 is 1.73 bits per heavy atom. The van der Waals surface area contributed by atoms with Gasteiger partial charge in [0.05, 0.1) is 23.4 Å². The summed E-state index contributed by atoms with van der Waals surface area (Å²) in [5.41, 5.74) is -0.339. The number of benzene rings is 2. The molecule has 1 N–H and O–H groups in total. The summed E-state index contributed by atoms with van der Waals surface area (Å²) in [6, 6.07) is 9.83. The van der Waals surface area contributed by atoms with Gasteiger partial charge >= 0.3 is 18.1 Å². The van der Waals surface area contributed by atoms with Crippen molar-refractivity contribution < 1.29 is 37.0 Å². The van der Waals surface area contributed by atoms with Gasteiger partial charge < -0.3 is 9.84 Å². The molecule has 4 aromatic rings. The highest BCUT2D eigenvalue weighted by Crippen LogP contribution is 2.37. The van der Waals surface area contributed by atoms with Gasteiger partial charge in [0.15, 0.2) is 5.69 Å². The van der Waals surface area contributed by atoms with E-state index in [1.807, 2.05) is 0 Å². The highest BCUT2D eigenvalue weighted by atomic mass is 32.1. The second-order valence-electron chi connectivity index (χ2n) is 9.97. The number of carboxylic acid groups (broad SMARTS) is 1. The number of carboxylic acids is 1. The molecular weight excluding hydrogens is 550 g/mol. The summed E-state index contributed by atoms with van der Waals surface area (Å²) < 4.78 is 59.9.